The summed E-state index contributed by atoms with van der Waals surface area (Å²) in [5, 5.41) is 2.92. The van der Waals surface area contributed by atoms with Crippen molar-refractivity contribution in [1.82, 2.24) is 9.88 Å². The van der Waals surface area contributed by atoms with Crippen molar-refractivity contribution in [3.05, 3.63) is 81.3 Å². The summed E-state index contributed by atoms with van der Waals surface area (Å²) in [6.45, 7) is 9.01. The molecule has 28 heavy (non-hydrogen) atoms. The largest absolute Gasteiger partial charge is 0.486 e. The lowest BCUT2D eigenvalue weighted by Crippen LogP contribution is -2.36. The Kier molecular flexibility index (Phi) is 6.47. The highest BCUT2D eigenvalue weighted by atomic mass is 32.1. The number of benzene rings is 2. The van der Waals surface area contributed by atoms with Gasteiger partial charge in [-0.1, -0.05) is 35.9 Å². The van der Waals surface area contributed by atoms with Gasteiger partial charge in [0.15, 0.2) is 0 Å². The highest BCUT2D eigenvalue weighted by Gasteiger charge is 2.20. The van der Waals surface area contributed by atoms with Crippen LogP contribution >= 0.6 is 11.3 Å². The molecular weight excluding hydrogens is 368 g/mol. The second kappa shape index (κ2) is 9.02. The molecular formula is C23H26N2O2S. The Hall–Kier alpha value is -2.66. The summed E-state index contributed by atoms with van der Waals surface area (Å²) in [6, 6.07) is 15.8. The van der Waals surface area contributed by atoms with Crippen LogP contribution in [0.1, 0.15) is 46.0 Å². The van der Waals surface area contributed by atoms with E-state index in [4.69, 9.17) is 4.74 Å². The van der Waals surface area contributed by atoms with E-state index in [9.17, 15) is 4.79 Å². The highest BCUT2D eigenvalue weighted by Crippen LogP contribution is 2.20. The SMILES string of the molecule is Cc1cccc(C(=O)N(Cc2csc(COc3ccccc3C)n2)C(C)C)c1. The Morgan fingerprint density at radius 2 is 1.93 bits per heavy atom. The average molecular weight is 395 g/mol. The summed E-state index contributed by atoms with van der Waals surface area (Å²) < 4.78 is 5.89. The van der Waals surface area contributed by atoms with E-state index in [1.165, 1.54) is 0 Å². The first-order chi connectivity index (χ1) is 13.4. The molecule has 1 aromatic heterocycles. The zero-order valence-corrected chi connectivity index (χ0v) is 17.6. The Morgan fingerprint density at radius 3 is 2.64 bits per heavy atom. The number of aryl methyl sites for hydroxylation is 2. The first-order valence-electron chi connectivity index (χ1n) is 9.43. The zero-order valence-electron chi connectivity index (χ0n) is 16.8. The summed E-state index contributed by atoms with van der Waals surface area (Å²) in [5.41, 5.74) is 3.79. The van der Waals surface area contributed by atoms with Crippen molar-refractivity contribution in [2.45, 2.75) is 46.9 Å². The second-order valence-electron chi connectivity index (χ2n) is 7.18. The second-order valence-corrected chi connectivity index (χ2v) is 8.13. The van der Waals surface area contributed by atoms with Gasteiger partial charge >= 0.3 is 0 Å². The van der Waals surface area contributed by atoms with Crippen molar-refractivity contribution in [1.29, 1.82) is 0 Å². The predicted octanol–water partition coefficient (Wildman–Crippen LogP) is 5.39. The Bertz CT molecular complexity index is 949. The van der Waals surface area contributed by atoms with Crippen molar-refractivity contribution in [2.75, 3.05) is 0 Å². The van der Waals surface area contributed by atoms with Crippen molar-refractivity contribution in [3.63, 3.8) is 0 Å². The fraction of sp³-hybridized carbons (Fsp3) is 0.304. The molecule has 0 bridgehead atoms. The minimum absolute atomic E-state index is 0.0319. The number of carbonyl (C=O) groups is 1. The first kappa shape index (κ1) is 20.1. The van der Waals surface area contributed by atoms with Gasteiger partial charge in [0.1, 0.15) is 17.4 Å². The summed E-state index contributed by atoms with van der Waals surface area (Å²) >= 11 is 1.56. The number of thiazole rings is 1. The average Bonchev–Trinajstić information content (AvgIpc) is 3.12. The Labute approximate surface area is 170 Å². The maximum atomic E-state index is 13.0. The molecule has 1 amide bonds. The molecule has 0 unspecified atom stereocenters. The highest BCUT2D eigenvalue weighted by molar-refractivity contribution is 7.09. The van der Waals surface area contributed by atoms with Gasteiger partial charge in [0.25, 0.3) is 5.91 Å². The summed E-state index contributed by atoms with van der Waals surface area (Å²) in [7, 11) is 0. The summed E-state index contributed by atoms with van der Waals surface area (Å²) in [4.78, 5) is 19.5. The quantitative estimate of drug-likeness (QED) is 0.539. The number of nitrogens with zero attached hydrogens (tertiary/aromatic N) is 2. The van der Waals surface area contributed by atoms with Gasteiger partial charge in [-0.2, -0.15) is 0 Å². The Balaban J connectivity index is 1.67. The fourth-order valence-corrected chi connectivity index (χ4v) is 3.65. The van der Waals surface area contributed by atoms with Gasteiger partial charge in [-0.3, -0.25) is 4.79 Å². The van der Waals surface area contributed by atoms with Crippen molar-refractivity contribution in [3.8, 4) is 5.75 Å². The third kappa shape index (κ3) is 4.98. The molecule has 2 aromatic carbocycles. The summed E-state index contributed by atoms with van der Waals surface area (Å²) in [6.07, 6.45) is 0. The summed E-state index contributed by atoms with van der Waals surface area (Å²) in [5.74, 6) is 0.905. The van der Waals surface area contributed by atoms with Gasteiger partial charge in [-0.15, -0.1) is 11.3 Å². The van der Waals surface area contributed by atoms with Gasteiger partial charge in [0.2, 0.25) is 0 Å². The molecule has 3 rings (SSSR count). The lowest BCUT2D eigenvalue weighted by Gasteiger charge is -2.26. The van der Waals surface area contributed by atoms with Gasteiger partial charge < -0.3 is 9.64 Å². The number of carbonyl (C=O) groups excluding carboxylic acids is 1. The third-order valence-corrected chi connectivity index (χ3v) is 5.40. The van der Waals surface area contributed by atoms with Crippen LogP contribution in [-0.4, -0.2) is 21.8 Å². The molecule has 0 aliphatic carbocycles. The predicted molar refractivity (Wildman–Crippen MR) is 114 cm³/mol. The first-order valence-corrected chi connectivity index (χ1v) is 10.3. The molecule has 3 aromatic rings. The van der Waals surface area contributed by atoms with Gasteiger partial charge in [0, 0.05) is 17.0 Å². The molecule has 0 saturated carbocycles. The van der Waals surface area contributed by atoms with E-state index < -0.39 is 0 Å². The van der Waals surface area contributed by atoms with Crippen LogP contribution in [0.15, 0.2) is 53.9 Å². The number of hydrogen-bond acceptors (Lipinski definition) is 4. The van der Waals surface area contributed by atoms with Crippen molar-refractivity contribution >= 4 is 17.2 Å². The van der Waals surface area contributed by atoms with Crippen LogP contribution in [-0.2, 0) is 13.2 Å². The van der Waals surface area contributed by atoms with E-state index in [2.05, 4.69) is 4.98 Å². The maximum absolute atomic E-state index is 13.0. The molecule has 0 radical (unpaired) electrons. The van der Waals surface area contributed by atoms with E-state index in [-0.39, 0.29) is 11.9 Å². The van der Waals surface area contributed by atoms with Gasteiger partial charge in [-0.05, 0) is 51.5 Å². The minimum Gasteiger partial charge on any atom is -0.486 e. The molecule has 146 valence electrons. The third-order valence-electron chi connectivity index (χ3n) is 4.53. The Morgan fingerprint density at radius 1 is 1.14 bits per heavy atom. The van der Waals surface area contributed by atoms with Crippen LogP contribution in [0.25, 0.3) is 0 Å². The number of rotatable bonds is 7. The van der Waals surface area contributed by atoms with E-state index in [0.717, 1.165) is 27.6 Å². The van der Waals surface area contributed by atoms with E-state index >= 15 is 0 Å². The van der Waals surface area contributed by atoms with Gasteiger partial charge in [0.05, 0.1) is 12.2 Å². The number of para-hydroxylation sites is 1. The lowest BCUT2D eigenvalue weighted by atomic mass is 10.1. The molecule has 0 N–H and O–H groups in total. The number of ether oxygens (including phenoxy) is 1. The maximum Gasteiger partial charge on any atom is 0.254 e. The molecule has 5 heteroatoms. The van der Waals surface area contributed by atoms with Crippen LogP contribution in [0.3, 0.4) is 0 Å². The van der Waals surface area contributed by atoms with Crippen LogP contribution in [0.2, 0.25) is 0 Å². The van der Waals surface area contributed by atoms with Crippen molar-refractivity contribution < 1.29 is 9.53 Å². The fourth-order valence-electron chi connectivity index (χ4n) is 2.95. The smallest absolute Gasteiger partial charge is 0.254 e. The topological polar surface area (TPSA) is 42.4 Å². The molecule has 0 atom stereocenters. The number of hydrogen-bond donors (Lipinski definition) is 0. The van der Waals surface area contributed by atoms with E-state index in [1.807, 2.05) is 86.5 Å². The van der Waals surface area contributed by atoms with Crippen LogP contribution in [0, 0.1) is 13.8 Å². The van der Waals surface area contributed by atoms with Gasteiger partial charge in [-0.25, -0.2) is 4.98 Å². The zero-order chi connectivity index (χ0) is 20.1. The lowest BCUT2D eigenvalue weighted by molar-refractivity contribution is 0.0688. The van der Waals surface area contributed by atoms with E-state index in [1.54, 1.807) is 11.3 Å². The minimum atomic E-state index is 0.0319. The molecule has 1 heterocycles. The molecule has 0 aliphatic rings. The van der Waals surface area contributed by atoms with Crippen molar-refractivity contribution in [2.24, 2.45) is 0 Å². The molecule has 0 fully saturated rings. The molecule has 0 spiro atoms. The standard InChI is InChI=1S/C23H26N2O2S/c1-16(2)25(23(26)19-10-7-8-17(3)12-19)13-20-15-28-22(24-20)14-27-21-11-6-5-9-18(21)4/h5-12,15-16H,13-14H2,1-4H3. The number of aromatic nitrogens is 1. The molecule has 0 aliphatic heterocycles. The monoisotopic (exact) mass is 394 g/mol. The van der Waals surface area contributed by atoms with Crippen LogP contribution in [0.4, 0.5) is 0 Å². The number of amides is 1. The van der Waals surface area contributed by atoms with Crippen LogP contribution in [0.5, 0.6) is 5.75 Å². The normalized spacial score (nSPS) is 10.9. The molecule has 4 nitrogen and oxygen atoms in total. The van der Waals surface area contributed by atoms with Crippen LogP contribution < -0.4 is 4.74 Å². The molecule has 0 saturated heterocycles. The van der Waals surface area contributed by atoms with E-state index in [0.29, 0.717) is 18.7 Å².